The van der Waals surface area contributed by atoms with Crippen LogP contribution in [0.25, 0.3) is 0 Å². The van der Waals surface area contributed by atoms with Crippen molar-refractivity contribution in [3.05, 3.63) is 76.2 Å². The number of benzene rings is 2. The molecule has 170 valence electrons. The van der Waals surface area contributed by atoms with E-state index < -0.39 is 0 Å². The van der Waals surface area contributed by atoms with E-state index in [0.29, 0.717) is 29.5 Å². The van der Waals surface area contributed by atoms with Crippen molar-refractivity contribution in [2.75, 3.05) is 22.1 Å². The van der Waals surface area contributed by atoms with E-state index in [-0.39, 0.29) is 23.1 Å². The number of nitrogens with zero attached hydrogens (tertiary/aromatic N) is 2. The SMILES string of the molecule is CC(=O)Nc1ccc(NC(=O)CSc2nc3c(c(=O)n2CCc2ccccc2)SCC3)cc1. The monoisotopic (exact) mass is 480 g/mol. The molecule has 2 heterocycles. The number of rotatable bonds is 8. The molecule has 1 aliphatic heterocycles. The zero-order valence-electron chi connectivity index (χ0n) is 18.2. The fraction of sp³-hybridized carbons (Fsp3) is 0.250. The van der Waals surface area contributed by atoms with Crippen LogP contribution < -0.4 is 16.2 Å². The standard InChI is InChI=1S/C24H24N4O3S2/c1-16(29)25-18-7-9-19(10-8-18)26-21(30)15-33-24-27-20-12-14-32-22(20)23(31)28(24)13-11-17-5-3-2-4-6-17/h2-10H,11-15H2,1H3,(H,25,29)(H,26,30). The van der Waals surface area contributed by atoms with Gasteiger partial charge in [-0.2, -0.15) is 0 Å². The maximum absolute atomic E-state index is 13.1. The highest BCUT2D eigenvalue weighted by Gasteiger charge is 2.22. The lowest BCUT2D eigenvalue weighted by molar-refractivity contribution is -0.114. The number of carbonyl (C=O) groups excluding carboxylic acids is 2. The van der Waals surface area contributed by atoms with E-state index >= 15 is 0 Å². The predicted octanol–water partition coefficient (Wildman–Crippen LogP) is 3.82. The molecule has 0 atom stereocenters. The zero-order valence-corrected chi connectivity index (χ0v) is 19.8. The van der Waals surface area contributed by atoms with Gasteiger partial charge in [-0.15, -0.1) is 11.8 Å². The van der Waals surface area contributed by atoms with Crippen LogP contribution in [0.4, 0.5) is 11.4 Å². The van der Waals surface area contributed by atoms with E-state index in [2.05, 4.69) is 10.6 Å². The van der Waals surface area contributed by atoms with Crippen LogP contribution in [0.5, 0.6) is 0 Å². The third-order valence-corrected chi connectivity index (χ3v) is 7.12. The average Bonchev–Trinajstić information content (AvgIpc) is 3.28. The molecule has 7 nitrogen and oxygen atoms in total. The highest BCUT2D eigenvalue weighted by molar-refractivity contribution is 8.00. The number of fused-ring (bicyclic) bond motifs is 1. The van der Waals surface area contributed by atoms with Crippen LogP contribution in [0.15, 0.2) is 69.4 Å². The van der Waals surface area contributed by atoms with Crippen LogP contribution in [-0.4, -0.2) is 32.9 Å². The Kier molecular flexibility index (Phi) is 7.51. The number of aromatic nitrogens is 2. The number of hydrogen-bond acceptors (Lipinski definition) is 6. The Bertz CT molecular complexity index is 1210. The molecule has 1 aliphatic rings. The van der Waals surface area contributed by atoms with Gasteiger partial charge < -0.3 is 10.6 Å². The summed E-state index contributed by atoms with van der Waals surface area (Å²) in [5.74, 6) is 0.656. The molecule has 4 rings (SSSR count). The van der Waals surface area contributed by atoms with Crippen molar-refractivity contribution in [3.63, 3.8) is 0 Å². The number of hydrogen-bond donors (Lipinski definition) is 2. The summed E-state index contributed by atoms with van der Waals surface area (Å²) < 4.78 is 1.70. The first-order chi connectivity index (χ1) is 16.0. The minimum Gasteiger partial charge on any atom is -0.326 e. The molecule has 0 bridgehead atoms. The molecule has 0 aliphatic carbocycles. The van der Waals surface area contributed by atoms with Crippen LogP contribution in [-0.2, 0) is 29.0 Å². The van der Waals surface area contributed by atoms with E-state index in [1.54, 1.807) is 40.6 Å². The van der Waals surface area contributed by atoms with Crippen LogP contribution in [0.1, 0.15) is 18.2 Å². The van der Waals surface area contributed by atoms with Crippen molar-refractivity contribution < 1.29 is 9.59 Å². The molecule has 2 aromatic carbocycles. The van der Waals surface area contributed by atoms with Crippen LogP contribution in [0.3, 0.4) is 0 Å². The van der Waals surface area contributed by atoms with E-state index in [9.17, 15) is 14.4 Å². The van der Waals surface area contributed by atoms with Crippen molar-refractivity contribution in [2.24, 2.45) is 0 Å². The lowest BCUT2D eigenvalue weighted by Crippen LogP contribution is -2.27. The predicted molar refractivity (Wildman–Crippen MR) is 133 cm³/mol. The summed E-state index contributed by atoms with van der Waals surface area (Å²) in [6.45, 7) is 1.95. The molecule has 0 spiro atoms. The van der Waals surface area contributed by atoms with Gasteiger partial charge in [0.2, 0.25) is 11.8 Å². The second kappa shape index (κ2) is 10.7. The van der Waals surface area contributed by atoms with Gasteiger partial charge in [0, 0.05) is 37.0 Å². The summed E-state index contributed by atoms with van der Waals surface area (Å²) in [5.41, 5.74) is 3.26. The van der Waals surface area contributed by atoms with Crippen LogP contribution in [0.2, 0.25) is 0 Å². The van der Waals surface area contributed by atoms with Gasteiger partial charge in [0.05, 0.1) is 16.3 Å². The van der Waals surface area contributed by atoms with Gasteiger partial charge in [-0.3, -0.25) is 19.0 Å². The van der Waals surface area contributed by atoms with Crippen molar-refractivity contribution in [1.82, 2.24) is 9.55 Å². The summed E-state index contributed by atoms with van der Waals surface area (Å²) in [6, 6.07) is 16.9. The minimum absolute atomic E-state index is 0.0186. The number of amides is 2. The summed E-state index contributed by atoms with van der Waals surface area (Å²) in [4.78, 5) is 42.2. The molecule has 0 saturated carbocycles. The van der Waals surface area contributed by atoms with Crippen molar-refractivity contribution in [3.8, 4) is 0 Å². The maximum Gasteiger partial charge on any atom is 0.268 e. The second-order valence-corrected chi connectivity index (χ2v) is 9.60. The number of carbonyl (C=O) groups is 2. The lowest BCUT2D eigenvalue weighted by atomic mass is 10.1. The van der Waals surface area contributed by atoms with E-state index in [1.807, 2.05) is 30.3 Å². The Morgan fingerprint density at radius 3 is 2.45 bits per heavy atom. The molecule has 2 N–H and O–H groups in total. The molecule has 2 amide bonds. The van der Waals surface area contributed by atoms with Gasteiger partial charge in [-0.05, 0) is 36.2 Å². The Morgan fingerprint density at radius 1 is 1.06 bits per heavy atom. The van der Waals surface area contributed by atoms with Crippen LogP contribution in [0, 0.1) is 0 Å². The average molecular weight is 481 g/mol. The maximum atomic E-state index is 13.1. The van der Waals surface area contributed by atoms with Crippen molar-refractivity contribution >= 4 is 46.7 Å². The molecular formula is C24H24N4O3S2. The normalized spacial score (nSPS) is 12.3. The second-order valence-electron chi connectivity index (χ2n) is 7.56. The Balaban J connectivity index is 1.44. The van der Waals surface area contributed by atoms with Gasteiger partial charge in [-0.1, -0.05) is 42.1 Å². The molecule has 0 saturated heterocycles. The molecule has 9 heteroatoms. The number of anilines is 2. The molecule has 1 aromatic heterocycles. The highest BCUT2D eigenvalue weighted by atomic mass is 32.2. The van der Waals surface area contributed by atoms with Gasteiger partial charge in [-0.25, -0.2) is 4.98 Å². The highest BCUT2D eigenvalue weighted by Crippen LogP contribution is 2.29. The summed E-state index contributed by atoms with van der Waals surface area (Å²) in [7, 11) is 0. The van der Waals surface area contributed by atoms with Gasteiger partial charge in [0.1, 0.15) is 0 Å². The third-order valence-electron chi connectivity index (χ3n) is 5.04. The Hall–Kier alpha value is -3.04. The van der Waals surface area contributed by atoms with Gasteiger partial charge in [0.15, 0.2) is 5.16 Å². The molecule has 33 heavy (non-hydrogen) atoms. The first-order valence-electron chi connectivity index (χ1n) is 10.6. The molecule has 0 radical (unpaired) electrons. The molecule has 0 unspecified atom stereocenters. The fourth-order valence-corrected chi connectivity index (χ4v) is 5.37. The van der Waals surface area contributed by atoms with Gasteiger partial charge >= 0.3 is 0 Å². The fourth-order valence-electron chi connectivity index (χ4n) is 3.48. The lowest BCUT2D eigenvalue weighted by Gasteiger charge is -2.14. The van der Waals surface area contributed by atoms with E-state index in [0.717, 1.165) is 28.3 Å². The summed E-state index contributed by atoms with van der Waals surface area (Å²) in [5, 5.41) is 6.11. The first-order valence-corrected chi connectivity index (χ1v) is 12.6. The molecule has 3 aromatic rings. The summed E-state index contributed by atoms with van der Waals surface area (Å²) >= 11 is 2.83. The number of aryl methyl sites for hydroxylation is 2. The smallest absolute Gasteiger partial charge is 0.268 e. The third kappa shape index (κ3) is 6.06. The topological polar surface area (TPSA) is 93.1 Å². The van der Waals surface area contributed by atoms with E-state index in [1.165, 1.54) is 18.7 Å². The largest absolute Gasteiger partial charge is 0.326 e. The molecule has 0 fully saturated rings. The van der Waals surface area contributed by atoms with Gasteiger partial charge in [0.25, 0.3) is 5.56 Å². The Labute approximate surface area is 200 Å². The minimum atomic E-state index is -0.189. The number of thioether (sulfide) groups is 2. The van der Waals surface area contributed by atoms with E-state index in [4.69, 9.17) is 4.98 Å². The number of nitrogens with one attached hydrogen (secondary N) is 2. The van der Waals surface area contributed by atoms with Crippen LogP contribution >= 0.6 is 23.5 Å². The Morgan fingerprint density at radius 2 is 1.76 bits per heavy atom. The zero-order chi connectivity index (χ0) is 23.2. The first kappa shape index (κ1) is 23.1. The van der Waals surface area contributed by atoms with Crippen molar-refractivity contribution in [2.45, 2.75) is 36.4 Å². The quantitative estimate of drug-likeness (QED) is 0.376. The summed E-state index contributed by atoms with van der Waals surface area (Å²) in [6.07, 6.45) is 1.49. The molecular weight excluding hydrogens is 456 g/mol. The van der Waals surface area contributed by atoms with Crippen molar-refractivity contribution in [1.29, 1.82) is 0 Å².